The standard InChI is InChI=1S/C18H25F3N4OS.HI/c1-2-22-16(23-8-4-13-24-12(10-27-13)18(19,20)21)25-14-11-5-9-26-15(11)17(14)6-3-7-17;/h10-11,14-15H,2-9H2,1H3,(H2,22,23,25);1H. The van der Waals surface area contributed by atoms with Gasteiger partial charge in [-0.15, -0.1) is 35.3 Å². The molecule has 1 spiro atoms. The Bertz CT molecular complexity index is 707. The second-order valence-corrected chi connectivity index (χ2v) is 8.53. The number of ether oxygens (including phenoxy) is 1. The Morgan fingerprint density at radius 2 is 2.21 bits per heavy atom. The van der Waals surface area contributed by atoms with E-state index in [4.69, 9.17) is 4.74 Å². The Balaban J connectivity index is 0.00000225. The van der Waals surface area contributed by atoms with Crippen molar-refractivity contribution in [1.29, 1.82) is 0 Å². The van der Waals surface area contributed by atoms with Crippen LogP contribution in [0.2, 0.25) is 0 Å². The van der Waals surface area contributed by atoms with Crippen molar-refractivity contribution in [2.45, 2.75) is 57.3 Å². The molecule has 0 aromatic carbocycles. The summed E-state index contributed by atoms with van der Waals surface area (Å²) in [6.45, 7) is 4.00. The first-order valence-electron chi connectivity index (χ1n) is 9.62. The molecule has 2 aliphatic carbocycles. The molecule has 2 saturated carbocycles. The average Bonchev–Trinajstić information content (AvgIpc) is 3.19. The van der Waals surface area contributed by atoms with Gasteiger partial charge in [0.1, 0.15) is 0 Å². The van der Waals surface area contributed by atoms with E-state index in [1.807, 2.05) is 6.92 Å². The minimum atomic E-state index is -4.38. The molecule has 4 rings (SSSR count). The lowest BCUT2D eigenvalue weighted by molar-refractivity contribution is -0.171. The van der Waals surface area contributed by atoms with Gasteiger partial charge in [-0.3, -0.25) is 4.99 Å². The minimum Gasteiger partial charge on any atom is -0.377 e. The Morgan fingerprint density at radius 3 is 2.82 bits per heavy atom. The van der Waals surface area contributed by atoms with Crippen LogP contribution in [-0.2, 0) is 17.3 Å². The number of nitrogens with one attached hydrogen (secondary N) is 2. The van der Waals surface area contributed by atoms with Crippen molar-refractivity contribution in [3.05, 3.63) is 16.1 Å². The van der Waals surface area contributed by atoms with Crippen molar-refractivity contribution in [1.82, 2.24) is 15.6 Å². The highest BCUT2D eigenvalue weighted by Gasteiger charge is 2.66. The van der Waals surface area contributed by atoms with Crippen LogP contribution >= 0.6 is 35.3 Å². The molecule has 2 heterocycles. The molecule has 1 aliphatic heterocycles. The van der Waals surface area contributed by atoms with Crippen LogP contribution in [0.3, 0.4) is 0 Å². The van der Waals surface area contributed by atoms with Crippen LogP contribution in [0.5, 0.6) is 0 Å². The first-order chi connectivity index (χ1) is 12.9. The van der Waals surface area contributed by atoms with E-state index in [9.17, 15) is 13.2 Å². The number of halogens is 4. The number of aliphatic imine (C=N–C) groups is 1. The molecule has 28 heavy (non-hydrogen) atoms. The lowest BCUT2D eigenvalue weighted by Gasteiger charge is -2.63. The fourth-order valence-corrected chi connectivity index (χ4v) is 5.54. The van der Waals surface area contributed by atoms with E-state index in [1.54, 1.807) is 0 Å². The van der Waals surface area contributed by atoms with E-state index >= 15 is 0 Å². The predicted octanol–water partition coefficient (Wildman–Crippen LogP) is 3.84. The van der Waals surface area contributed by atoms with Gasteiger partial charge < -0.3 is 15.4 Å². The Hall–Kier alpha value is -0.620. The number of hydrogen-bond donors (Lipinski definition) is 2. The van der Waals surface area contributed by atoms with Crippen LogP contribution < -0.4 is 10.6 Å². The van der Waals surface area contributed by atoms with Crippen molar-refractivity contribution in [3.8, 4) is 0 Å². The van der Waals surface area contributed by atoms with E-state index in [0.29, 0.717) is 36.0 Å². The monoisotopic (exact) mass is 530 g/mol. The summed E-state index contributed by atoms with van der Waals surface area (Å²) in [5.41, 5.74) is -0.556. The molecule has 0 amide bonds. The zero-order chi connectivity index (χ0) is 19.1. The zero-order valence-corrected chi connectivity index (χ0v) is 18.9. The summed E-state index contributed by atoms with van der Waals surface area (Å²) in [6.07, 6.45) is 1.16. The van der Waals surface area contributed by atoms with Crippen LogP contribution in [0.15, 0.2) is 10.4 Å². The van der Waals surface area contributed by atoms with E-state index in [-0.39, 0.29) is 29.4 Å². The first kappa shape index (κ1) is 22.1. The van der Waals surface area contributed by atoms with Crippen LogP contribution in [0, 0.1) is 11.3 Å². The van der Waals surface area contributed by atoms with Crippen molar-refractivity contribution in [3.63, 3.8) is 0 Å². The molecule has 158 valence electrons. The number of rotatable bonds is 5. The highest BCUT2D eigenvalue weighted by molar-refractivity contribution is 14.0. The summed E-state index contributed by atoms with van der Waals surface area (Å²) >= 11 is 1.04. The molecule has 5 nitrogen and oxygen atoms in total. The summed E-state index contributed by atoms with van der Waals surface area (Å²) < 4.78 is 43.9. The summed E-state index contributed by atoms with van der Waals surface area (Å²) in [6, 6.07) is 0.383. The number of nitrogens with zero attached hydrogens (tertiary/aromatic N) is 2. The number of hydrogen-bond acceptors (Lipinski definition) is 4. The fourth-order valence-electron chi connectivity index (χ4n) is 4.74. The molecule has 3 fully saturated rings. The zero-order valence-electron chi connectivity index (χ0n) is 15.7. The number of aromatic nitrogens is 1. The second kappa shape index (κ2) is 8.63. The smallest absolute Gasteiger partial charge is 0.377 e. The van der Waals surface area contributed by atoms with Gasteiger partial charge in [-0.05, 0) is 26.2 Å². The molecule has 1 saturated heterocycles. The largest absolute Gasteiger partial charge is 0.434 e. The van der Waals surface area contributed by atoms with E-state index in [1.165, 1.54) is 19.3 Å². The fraction of sp³-hybridized carbons (Fsp3) is 0.778. The third-order valence-corrected chi connectivity index (χ3v) is 7.02. The maximum Gasteiger partial charge on any atom is 0.434 e. The third-order valence-electron chi connectivity index (χ3n) is 6.11. The average molecular weight is 530 g/mol. The van der Waals surface area contributed by atoms with Crippen molar-refractivity contribution >= 4 is 41.3 Å². The Morgan fingerprint density at radius 1 is 1.43 bits per heavy atom. The molecule has 1 aromatic heterocycles. The van der Waals surface area contributed by atoms with Crippen molar-refractivity contribution in [2.24, 2.45) is 16.3 Å². The van der Waals surface area contributed by atoms with Gasteiger partial charge in [0, 0.05) is 48.9 Å². The highest BCUT2D eigenvalue weighted by atomic mass is 127. The predicted molar refractivity (Wildman–Crippen MR) is 113 cm³/mol. The van der Waals surface area contributed by atoms with E-state index in [0.717, 1.165) is 42.2 Å². The number of fused-ring (bicyclic) bond motifs is 2. The lowest BCUT2D eigenvalue weighted by Crippen LogP contribution is -2.72. The normalized spacial score (nSPS) is 28.1. The summed E-state index contributed by atoms with van der Waals surface area (Å²) in [5.74, 6) is 1.29. The van der Waals surface area contributed by atoms with E-state index in [2.05, 4.69) is 20.6 Å². The summed E-state index contributed by atoms with van der Waals surface area (Å²) in [4.78, 5) is 8.25. The van der Waals surface area contributed by atoms with Gasteiger partial charge >= 0.3 is 6.18 Å². The Labute approximate surface area is 183 Å². The van der Waals surface area contributed by atoms with Crippen LogP contribution in [0.25, 0.3) is 0 Å². The lowest BCUT2D eigenvalue weighted by atomic mass is 9.46. The third kappa shape index (κ3) is 4.00. The second-order valence-electron chi connectivity index (χ2n) is 7.59. The molecule has 0 radical (unpaired) electrons. The molecule has 3 aliphatic rings. The maximum absolute atomic E-state index is 12.6. The molecule has 2 N–H and O–H groups in total. The summed E-state index contributed by atoms with van der Waals surface area (Å²) in [7, 11) is 0. The Kier molecular flexibility index (Phi) is 6.80. The molecule has 3 atom stereocenters. The SMILES string of the molecule is CCNC(=NCCc1nc(C(F)(F)F)cs1)NC1C2CCOC2C12CCC2.I. The van der Waals surface area contributed by atoms with Crippen LogP contribution in [-0.4, -0.2) is 42.8 Å². The molecule has 10 heteroatoms. The molecular weight excluding hydrogens is 504 g/mol. The molecule has 0 bridgehead atoms. The van der Waals surface area contributed by atoms with Crippen molar-refractivity contribution in [2.75, 3.05) is 19.7 Å². The van der Waals surface area contributed by atoms with Gasteiger partial charge in [0.25, 0.3) is 0 Å². The quantitative estimate of drug-likeness (QED) is 0.345. The summed E-state index contributed by atoms with van der Waals surface area (Å²) in [5, 5.41) is 8.39. The van der Waals surface area contributed by atoms with E-state index < -0.39 is 11.9 Å². The number of thiazole rings is 1. The highest BCUT2D eigenvalue weighted by Crippen LogP contribution is 2.62. The van der Waals surface area contributed by atoms with Gasteiger partial charge in [0.2, 0.25) is 0 Å². The molecular formula is C18H26F3IN4OS. The molecule has 3 unspecified atom stereocenters. The van der Waals surface area contributed by atoms with Gasteiger partial charge in [-0.25, -0.2) is 4.98 Å². The van der Waals surface area contributed by atoms with Crippen LogP contribution in [0.1, 0.15) is 43.3 Å². The van der Waals surface area contributed by atoms with Crippen LogP contribution in [0.4, 0.5) is 13.2 Å². The van der Waals surface area contributed by atoms with Crippen molar-refractivity contribution < 1.29 is 17.9 Å². The van der Waals surface area contributed by atoms with Gasteiger partial charge in [-0.2, -0.15) is 13.2 Å². The number of alkyl halides is 3. The topological polar surface area (TPSA) is 58.5 Å². The maximum atomic E-state index is 12.6. The molecule has 1 aromatic rings. The minimum absolute atomic E-state index is 0. The first-order valence-corrected chi connectivity index (χ1v) is 10.5. The van der Waals surface area contributed by atoms with Gasteiger partial charge in [0.05, 0.1) is 11.1 Å². The van der Waals surface area contributed by atoms with Gasteiger partial charge in [0.15, 0.2) is 11.7 Å². The van der Waals surface area contributed by atoms with Gasteiger partial charge in [-0.1, -0.05) is 6.42 Å². The number of guanidine groups is 1.